The molecule has 3 rings (SSSR count). The van der Waals surface area contributed by atoms with Crippen molar-refractivity contribution < 1.29 is 23.7 Å². The van der Waals surface area contributed by atoms with Gasteiger partial charge in [-0.2, -0.15) is 0 Å². The molecule has 0 spiro atoms. The van der Waals surface area contributed by atoms with Crippen LogP contribution >= 0.6 is 11.6 Å². The fourth-order valence-electron chi connectivity index (χ4n) is 2.91. The molecular weight excluding hydrogens is 382 g/mol. The van der Waals surface area contributed by atoms with Crippen molar-refractivity contribution in [2.24, 2.45) is 0 Å². The van der Waals surface area contributed by atoms with E-state index >= 15 is 0 Å². The van der Waals surface area contributed by atoms with Crippen molar-refractivity contribution in [2.45, 2.75) is 13.5 Å². The molecule has 28 heavy (non-hydrogen) atoms. The van der Waals surface area contributed by atoms with Gasteiger partial charge in [-0.25, -0.2) is 9.78 Å². The topological polar surface area (TPSA) is 66.9 Å². The number of benzene rings is 2. The first-order valence-corrected chi connectivity index (χ1v) is 8.88. The van der Waals surface area contributed by atoms with Gasteiger partial charge in [-0.05, 0) is 18.6 Å². The number of aromatic nitrogens is 1. The lowest BCUT2D eigenvalue weighted by Crippen LogP contribution is -2.09. The number of halogens is 1. The predicted octanol–water partition coefficient (Wildman–Crippen LogP) is 4.58. The molecule has 0 amide bonds. The van der Waals surface area contributed by atoms with Gasteiger partial charge in [0.25, 0.3) is 0 Å². The minimum Gasteiger partial charge on any atom is -0.496 e. The SMILES string of the molecule is COc1cc(OC)c(C(=O)OCc2nc3ccccc3c(C)c2Cl)cc1OC. The standard InChI is InChI=1S/C21H20ClNO5/c1-12-13-7-5-6-8-15(13)23-16(20(12)22)11-28-21(24)14-9-18(26-3)19(27-4)10-17(14)25-2/h5-10H,11H2,1-4H3. The number of hydrogen-bond acceptors (Lipinski definition) is 6. The van der Waals surface area contributed by atoms with Gasteiger partial charge in [-0.15, -0.1) is 0 Å². The van der Waals surface area contributed by atoms with Crippen LogP contribution in [0.4, 0.5) is 0 Å². The normalized spacial score (nSPS) is 10.6. The van der Waals surface area contributed by atoms with Crippen molar-refractivity contribution in [3.63, 3.8) is 0 Å². The molecule has 0 radical (unpaired) electrons. The van der Waals surface area contributed by atoms with E-state index in [1.807, 2.05) is 31.2 Å². The quantitative estimate of drug-likeness (QED) is 0.563. The molecule has 0 N–H and O–H groups in total. The van der Waals surface area contributed by atoms with Gasteiger partial charge >= 0.3 is 5.97 Å². The van der Waals surface area contributed by atoms with Crippen LogP contribution in [0.3, 0.4) is 0 Å². The zero-order valence-electron chi connectivity index (χ0n) is 16.0. The van der Waals surface area contributed by atoms with E-state index in [-0.39, 0.29) is 12.2 Å². The second kappa shape index (κ2) is 8.35. The summed E-state index contributed by atoms with van der Waals surface area (Å²) in [6.07, 6.45) is 0. The lowest BCUT2D eigenvalue weighted by atomic mass is 10.1. The number of esters is 1. The van der Waals surface area contributed by atoms with Crippen LogP contribution in [-0.4, -0.2) is 32.3 Å². The molecule has 0 fully saturated rings. The van der Waals surface area contributed by atoms with Crippen molar-refractivity contribution in [1.82, 2.24) is 4.98 Å². The van der Waals surface area contributed by atoms with Gasteiger partial charge in [0, 0.05) is 17.5 Å². The summed E-state index contributed by atoms with van der Waals surface area (Å²) in [4.78, 5) is 17.2. The Hall–Kier alpha value is -2.99. The molecule has 0 unspecified atom stereocenters. The summed E-state index contributed by atoms with van der Waals surface area (Å²) in [5.41, 5.74) is 2.39. The van der Waals surface area contributed by atoms with E-state index in [9.17, 15) is 4.79 Å². The zero-order chi connectivity index (χ0) is 20.3. The molecule has 0 aliphatic heterocycles. The lowest BCUT2D eigenvalue weighted by molar-refractivity contribution is 0.0464. The maximum Gasteiger partial charge on any atom is 0.342 e. The zero-order valence-corrected chi connectivity index (χ0v) is 16.8. The smallest absolute Gasteiger partial charge is 0.342 e. The molecule has 0 atom stereocenters. The Morgan fingerprint density at radius 3 is 2.32 bits per heavy atom. The van der Waals surface area contributed by atoms with Crippen molar-refractivity contribution in [1.29, 1.82) is 0 Å². The van der Waals surface area contributed by atoms with Crippen molar-refractivity contribution in [2.75, 3.05) is 21.3 Å². The highest BCUT2D eigenvalue weighted by Crippen LogP contribution is 2.35. The number of methoxy groups -OCH3 is 3. The minimum atomic E-state index is -0.582. The number of fused-ring (bicyclic) bond motifs is 1. The molecule has 3 aromatic rings. The first-order chi connectivity index (χ1) is 13.5. The summed E-state index contributed by atoms with van der Waals surface area (Å²) in [5.74, 6) is 0.580. The van der Waals surface area contributed by atoms with E-state index < -0.39 is 5.97 Å². The summed E-state index contributed by atoms with van der Waals surface area (Å²) in [6.45, 7) is 1.84. The monoisotopic (exact) mass is 401 g/mol. The third-order valence-electron chi connectivity index (χ3n) is 4.41. The highest BCUT2D eigenvalue weighted by Gasteiger charge is 2.20. The highest BCUT2D eigenvalue weighted by molar-refractivity contribution is 6.32. The van der Waals surface area contributed by atoms with E-state index in [0.29, 0.717) is 28.0 Å². The van der Waals surface area contributed by atoms with Crippen LogP contribution in [0.2, 0.25) is 5.02 Å². The summed E-state index contributed by atoms with van der Waals surface area (Å²) in [5, 5.41) is 1.44. The van der Waals surface area contributed by atoms with Gasteiger partial charge in [0.1, 0.15) is 17.9 Å². The van der Waals surface area contributed by atoms with Gasteiger partial charge in [0.05, 0.1) is 37.6 Å². The summed E-state index contributed by atoms with van der Waals surface area (Å²) < 4.78 is 21.2. The molecule has 0 aliphatic carbocycles. The maximum absolute atomic E-state index is 12.7. The van der Waals surface area contributed by atoms with E-state index in [1.54, 1.807) is 6.07 Å². The Morgan fingerprint density at radius 2 is 1.64 bits per heavy atom. The third kappa shape index (κ3) is 3.68. The molecular formula is C21H20ClNO5. The number of nitrogens with zero attached hydrogens (tertiary/aromatic N) is 1. The number of hydrogen-bond donors (Lipinski definition) is 0. The third-order valence-corrected chi connectivity index (χ3v) is 4.91. The molecule has 0 saturated heterocycles. The molecule has 7 heteroatoms. The van der Waals surface area contributed by atoms with Crippen molar-refractivity contribution in [3.8, 4) is 17.2 Å². The minimum absolute atomic E-state index is 0.0686. The van der Waals surface area contributed by atoms with Crippen LogP contribution in [0.15, 0.2) is 36.4 Å². The van der Waals surface area contributed by atoms with E-state index in [4.69, 9.17) is 30.5 Å². The second-order valence-corrected chi connectivity index (χ2v) is 6.38. The molecule has 0 saturated carbocycles. The lowest BCUT2D eigenvalue weighted by Gasteiger charge is -2.14. The van der Waals surface area contributed by atoms with Crippen molar-refractivity contribution >= 4 is 28.5 Å². The number of carbonyl (C=O) groups is 1. The Kier molecular flexibility index (Phi) is 5.90. The molecule has 146 valence electrons. The Bertz CT molecular complexity index is 1030. The van der Waals surface area contributed by atoms with E-state index in [0.717, 1.165) is 16.5 Å². The van der Waals surface area contributed by atoms with E-state index in [1.165, 1.54) is 27.4 Å². The van der Waals surface area contributed by atoms with Gasteiger partial charge in [-0.1, -0.05) is 29.8 Å². The number of ether oxygens (including phenoxy) is 4. The van der Waals surface area contributed by atoms with Crippen molar-refractivity contribution in [3.05, 3.63) is 58.2 Å². The van der Waals surface area contributed by atoms with Crippen LogP contribution in [0.1, 0.15) is 21.6 Å². The highest BCUT2D eigenvalue weighted by atomic mass is 35.5. The number of para-hydroxylation sites is 1. The van der Waals surface area contributed by atoms with Gasteiger partial charge in [-0.3, -0.25) is 0 Å². The molecule has 1 heterocycles. The molecule has 2 aromatic carbocycles. The first-order valence-electron chi connectivity index (χ1n) is 8.51. The fraction of sp³-hybridized carbons (Fsp3) is 0.238. The van der Waals surface area contributed by atoms with Gasteiger partial charge in [0.2, 0.25) is 0 Å². The Balaban J connectivity index is 1.89. The predicted molar refractivity (Wildman–Crippen MR) is 107 cm³/mol. The number of carbonyl (C=O) groups excluding carboxylic acids is 1. The number of aryl methyl sites for hydroxylation is 1. The second-order valence-electron chi connectivity index (χ2n) is 6.00. The Morgan fingerprint density at radius 1 is 1.00 bits per heavy atom. The Labute approximate surface area is 167 Å². The molecule has 6 nitrogen and oxygen atoms in total. The molecule has 0 bridgehead atoms. The maximum atomic E-state index is 12.7. The molecule has 1 aromatic heterocycles. The van der Waals surface area contributed by atoms with Gasteiger partial charge < -0.3 is 18.9 Å². The largest absolute Gasteiger partial charge is 0.496 e. The average molecular weight is 402 g/mol. The summed E-state index contributed by atoms with van der Waals surface area (Å²) >= 11 is 6.43. The first kappa shape index (κ1) is 19.8. The summed E-state index contributed by atoms with van der Waals surface area (Å²) in [7, 11) is 4.45. The van der Waals surface area contributed by atoms with Crippen LogP contribution in [0.25, 0.3) is 10.9 Å². The van der Waals surface area contributed by atoms with Crippen LogP contribution < -0.4 is 14.2 Å². The number of rotatable bonds is 6. The fourth-order valence-corrected chi connectivity index (χ4v) is 3.11. The van der Waals surface area contributed by atoms with Gasteiger partial charge in [0.15, 0.2) is 11.5 Å². The van der Waals surface area contributed by atoms with Crippen LogP contribution in [0.5, 0.6) is 17.2 Å². The number of pyridine rings is 1. The van der Waals surface area contributed by atoms with E-state index in [2.05, 4.69) is 4.98 Å². The molecule has 0 aliphatic rings. The van der Waals surface area contributed by atoms with Crippen LogP contribution in [-0.2, 0) is 11.3 Å². The van der Waals surface area contributed by atoms with Crippen LogP contribution in [0, 0.1) is 6.92 Å². The summed E-state index contributed by atoms with van der Waals surface area (Å²) in [6, 6.07) is 10.8. The average Bonchev–Trinajstić information content (AvgIpc) is 2.73.